The van der Waals surface area contributed by atoms with Crippen LogP contribution in [0.25, 0.3) is 11.0 Å². The second kappa shape index (κ2) is 6.83. The molecule has 3 aromatic rings. The molecule has 2 aliphatic rings. The van der Waals surface area contributed by atoms with Crippen LogP contribution < -0.4 is 16.0 Å². The molecule has 4 N–H and O–H groups in total. The highest BCUT2D eigenvalue weighted by molar-refractivity contribution is 5.92. The van der Waals surface area contributed by atoms with Crippen molar-refractivity contribution in [2.45, 2.75) is 19.5 Å². The second-order valence-electron chi connectivity index (χ2n) is 7.41. The number of anilines is 2. The number of nitrogen functional groups attached to an aromatic ring is 1. The van der Waals surface area contributed by atoms with Crippen molar-refractivity contribution in [2.75, 3.05) is 43.4 Å². The highest BCUT2D eigenvalue weighted by Gasteiger charge is 2.27. The standard InChI is InChI=1S/C20H25N7/c21-18-17-15-6-9-26(12-14-4-2-1-3-5-14)13-16(15)20(23-19(17)25-24-18)27-10-7-22-8-11-27/h1-5,22H,6-13H2,(H3,21,23,24,25). The maximum atomic E-state index is 6.19. The van der Waals surface area contributed by atoms with Crippen molar-refractivity contribution in [3.63, 3.8) is 0 Å². The second-order valence-corrected chi connectivity index (χ2v) is 7.41. The number of aromatic nitrogens is 3. The van der Waals surface area contributed by atoms with Gasteiger partial charge in [-0.25, -0.2) is 4.98 Å². The molecule has 0 amide bonds. The third-order valence-corrected chi connectivity index (χ3v) is 5.65. The number of piperazine rings is 1. The maximum absolute atomic E-state index is 6.19. The predicted octanol–water partition coefficient (Wildman–Crippen LogP) is 1.51. The van der Waals surface area contributed by atoms with Gasteiger partial charge in [-0.05, 0) is 17.5 Å². The van der Waals surface area contributed by atoms with Crippen molar-refractivity contribution in [3.05, 3.63) is 47.0 Å². The number of nitrogens with one attached hydrogen (secondary N) is 2. The lowest BCUT2D eigenvalue weighted by Crippen LogP contribution is -2.45. The Kier molecular flexibility index (Phi) is 4.18. The number of aromatic amines is 1. The van der Waals surface area contributed by atoms with Crippen LogP contribution in [-0.4, -0.2) is 52.8 Å². The minimum absolute atomic E-state index is 0.636. The summed E-state index contributed by atoms with van der Waals surface area (Å²) in [6.07, 6.45) is 0.976. The van der Waals surface area contributed by atoms with Gasteiger partial charge in [-0.15, -0.1) is 0 Å². The lowest BCUT2D eigenvalue weighted by molar-refractivity contribution is 0.246. The van der Waals surface area contributed by atoms with Crippen molar-refractivity contribution in [1.29, 1.82) is 0 Å². The summed E-state index contributed by atoms with van der Waals surface area (Å²) < 4.78 is 0. The van der Waals surface area contributed by atoms with E-state index in [-0.39, 0.29) is 0 Å². The minimum atomic E-state index is 0.636. The number of benzene rings is 1. The molecule has 7 heteroatoms. The Labute approximate surface area is 158 Å². The summed E-state index contributed by atoms with van der Waals surface area (Å²) in [6.45, 7) is 6.81. The molecule has 27 heavy (non-hydrogen) atoms. The highest BCUT2D eigenvalue weighted by Crippen LogP contribution is 2.35. The van der Waals surface area contributed by atoms with Gasteiger partial charge in [0.2, 0.25) is 0 Å². The van der Waals surface area contributed by atoms with Gasteiger partial charge in [0.15, 0.2) is 5.65 Å². The van der Waals surface area contributed by atoms with Gasteiger partial charge in [0.1, 0.15) is 11.6 Å². The molecule has 4 heterocycles. The molecule has 0 atom stereocenters. The molecule has 140 valence electrons. The first kappa shape index (κ1) is 16.5. The predicted molar refractivity (Wildman–Crippen MR) is 108 cm³/mol. The molecule has 0 saturated carbocycles. The molecule has 0 aliphatic carbocycles. The van der Waals surface area contributed by atoms with E-state index in [4.69, 9.17) is 10.7 Å². The van der Waals surface area contributed by atoms with E-state index in [2.05, 4.69) is 55.6 Å². The van der Waals surface area contributed by atoms with Crippen LogP contribution in [0.4, 0.5) is 11.6 Å². The van der Waals surface area contributed by atoms with E-state index in [0.29, 0.717) is 5.82 Å². The molecule has 1 aromatic carbocycles. The SMILES string of the molecule is Nc1[nH]nc2nc(N3CCNCC3)c3c(c12)CCN(Cc1ccccc1)C3. The van der Waals surface area contributed by atoms with Crippen molar-refractivity contribution in [3.8, 4) is 0 Å². The molecule has 5 rings (SSSR count). The summed E-state index contributed by atoms with van der Waals surface area (Å²) in [5, 5.41) is 11.7. The number of fused-ring (bicyclic) bond motifs is 3. The topological polar surface area (TPSA) is 86.1 Å². The number of pyridine rings is 1. The van der Waals surface area contributed by atoms with Gasteiger partial charge >= 0.3 is 0 Å². The Morgan fingerprint density at radius 1 is 1.04 bits per heavy atom. The van der Waals surface area contributed by atoms with Gasteiger partial charge in [0.25, 0.3) is 0 Å². The smallest absolute Gasteiger partial charge is 0.185 e. The van der Waals surface area contributed by atoms with Gasteiger partial charge in [0, 0.05) is 51.4 Å². The number of hydrogen-bond acceptors (Lipinski definition) is 6. The van der Waals surface area contributed by atoms with E-state index in [9.17, 15) is 0 Å². The highest BCUT2D eigenvalue weighted by atomic mass is 15.3. The normalized spacial score (nSPS) is 18.0. The summed E-state index contributed by atoms with van der Waals surface area (Å²) in [5.41, 5.74) is 10.9. The molecular formula is C20H25N7. The van der Waals surface area contributed by atoms with E-state index in [0.717, 1.165) is 69.1 Å². The zero-order valence-corrected chi connectivity index (χ0v) is 15.4. The molecule has 1 fully saturated rings. The largest absolute Gasteiger partial charge is 0.384 e. The molecule has 0 bridgehead atoms. The minimum Gasteiger partial charge on any atom is -0.384 e. The average Bonchev–Trinajstić information content (AvgIpc) is 3.10. The number of hydrogen-bond donors (Lipinski definition) is 3. The van der Waals surface area contributed by atoms with E-state index in [1.807, 2.05) is 0 Å². The summed E-state index contributed by atoms with van der Waals surface area (Å²) in [5.74, 6) is 1.72. The van der Waals surface area contributed by atoms with Crippen LogP contribution in [-0.2, 0) is 19.5 Å². The quantitative estimate of drug-likeness (QED) is 0.654. The Morgan fingerprint density at radius 3 is 2.67 bits per heavy atom. The van der Waals surface area contributed by atoms with Crippen LogP contribution in [0.1, 0.15) is 16.7 Å². The van der Waals surface area contributed by atoms with Crippen LogP contribution in [0.15, 0.2) is 30.3 Å². The van der Waals surface area contributed by atoms with Gasteiger partial charge in [-0.2, -0.15) is 5.10 Å². The number of H-pyrrole nitrogens is 1. The molecule has 2 aliphatic heterocycles. The Morgan fingerprint density at radius 2 is 1.85 bits per heavy atom. The van der Waals surface area contributed by atoms with Gasteiger partial charge in [-0.3, -0.25) is 10.00 Å². The van der Waals surface area contributed by atoms with E-state index < -0.39 is 0 Å². The number of rotatable bonds is 3. The molecular weight excluding hydrogens is 338 g/mol. The lowest BCUT2D eigenvalue weighted by Gasteiger charge is -2.35. The Balaban J connectivity index is 1.54. The maximum Gasteiger partial charge on any atom is 0.185 e. The van der Waals surface area contributed by atoms with Crippen molar-refractivity contribution >= 4 is 22.7 Å². The number of nitrogens with zero attached hydrogens (tertiary/aromatic N) is 4. The third kappa shape index (κ3) is 3.02. The molecule has 1 saturated heterocycles. The fourth-order valence-electron chi connectivity index (χ4n) is 4.31. The first-order valence-electron chi connectivity index (χ1n) is 9.67. The van der Waals surface area contributed by atoms with Crippen molar-refractivity contribution in [2.24, 2.45) is 0 Å². The van der Waals surface area contributed by atoms with Crippen molar-refractivity contribution < 1.29 is 0 Å². The van der Waals surface area contributed by atoms with E-state index >= 15 is 0 Å². The van der Waals surface area contributed by atoms with Crippen molar-refractivity contribution in [1.82, 2.24) is 25.4 Å². The van der Waals surface area contributed by atoms with E-state index in [1.54, 1.807) is 0 Å². The van der Waals surface area contributed by atoms with Gasteiger partial charge in [-0.1, -0.05) is 30.3 Å². The first-order valence-corrected chi connectivity index (χ1v) is 9.67. The lowest BCUT2D eigenvalue weighted by atomic mass is 9.96. The molecule has 2 aromatic heterocycles. The zero-order chi connectivity index (χ0) is 18.2. The van der Waals surface area contributed by atoms with Gasteiger partial charge in [0.05, 0.1) is 5.39 Å². The van der Waals surface area contributed by atoms with E-state index in [1.165, 1.54) is 16.7 Å². The van der Waals surface area contributed by atoms with Crippen LogP contribution >= 0.6 is 0 Å². The average molecular weight is 363 g/mol. The first-order chi connectivity index (χ1) is 13.3. The monoisotopic (exact) mass is 363 g/mol. The van der Waals surface area contributed by atoms with Crippen LogP contribution in [0.2, 0.25) is 0 Å². The van der Waals surface area contributed by atoms with Crippen LogP contribution in [0.5, 0.6) is 0 Å². The Hall–Kier alpha value is -2.64. The zero-order valence-electron chi connectivity index (χ0n) is 15.4. The molecule has 0 spiro atoms. The van der Waals surface area contributed by atoms with Gasteiger partial charge < -0.3 is 16.0 Å². The summed E-state index contributed by atoms with van der Waals surface area (Å²) in [7, 11) is 0. The summed E-state index contributed by atoms with van der Waals surface area (Å²) in [6, 6.07) is 10.7. The van der Waals surface area contributed by atoms with Crippen LogP contribution in [0, 0.1) is 0 Å². The summed E-state index contributed by atoms with van der Waals surface area (Å²) >= 11 is 0. The molecule has 0 radical (unpaired) electrons. The fourth-order valence-corrected chi connectivity index (χ4v) is 4.31. The molecule has 0 unspecified atom stereocenters. The fraction of sp³-hybridized carbons (Fsp3) is 0.400. The van der Waals surface area contributed by atoms with Crippen LogP contribution in [0.3, 0.4) is 0 Å². The Bertz CT molecular complexity index is 944. The molecule has 7 nitrogen and oxygen atoms in total. The summed E-state index contributed by atoms with van der Waals surface area (Å²) in [4.78, 5) is 9.83. The number of nitrogens with two attached hydrogens (primary N) is 1. The third-order valence-electron chi connectivity index (χ3n) is 5.65.